The molecule has 12 heteroatoms. The second kappa shape index (κ2) is 10.4. The molecule has 1 saturated carbocycles. The van der Waals surface area contributed by atoms with E-state index in [4.69, 9.17) is 0 Å². The van der Waals surface area contributed by atoms with E-state index in [2.05, 4.69) is 36.2 Å². The van der Waals surface area contributed by atoms with Gasteiger partial charge in [0.15, 0.2) is 5.65 Å². The summed E-state index contributed by atoms with van der Waals surface area (Å²) in [4.78, 5) is 43.1. The van der Waals surface area contributed by atoms with Gasteiger partial charge in [-0.15, -0.1) is 0 Å². The fourth-order valence-electron chi connectivity index (χ4n) is 4.83. The zero-order valence-electron chi connectivity index (χ0n) is 21.3. The van der Waals surface area contributed by atoms with Crippen molar-refractivity contribution >= 4 is 46.8 Å². The Hall–Kier alpha value is -4.32. The molecule has 4 heterocycles. The highest BCUT2D eigenvalue weighted by Crippen LogP contribution is 2.29. The summed E-state index contributed by atoms with van der Waals surface area (Å²) in [5, 5.41) is 16.0. The topological polar surface area (TPSA) is 133 Å². The largest absolute Gasteiger partial charge is 0.367 e. The fraction of sp³-hybridized carbons (Fsp3) is 0.370. The van der Waals surface area contributed by atoms with Crippen molar-refractivity contribution in [1.29, 1.82) is 0 Å². The van der Waals surface area contributed by atoms with E-state index in [1.165, 1.54) is 25.0 Å². The third-order valence-corrected chi connectivity index (χ3v) is 7.06. The summed E-state index contributed by atoms with van der Waals surface area (Å²) in [6, 6.07) is 6.34. The van der Waals surface area contributed by atoms with Crippen LogP contribution in [0.2, 0.25) is 0 Å². The van der Waals surface area contributed by atoms with Crippen LogP contribution in [0.4, 0.5) is 21.7 Å². The molecular weight excluding hydrogens is 503 g/mol. The fourth-order valence-corrected chi connectivity index (χ4v) is 4.83. The van der Waals surface area contributed by atoms with Gasteiger partial charge in [-0.1, -0.05) is 0 Å². The van der Waals surface area contributed by atoms with Crippen molar-refractivity contribution in [2.75, 3.05) is 36.8 Å². The SMILES string of the molecule is O=C1C/C(=C\c2cnn3c(NC4CC4)cc(Nc4ccc(C(=O)NCCN5CCCC5)cc4F)nc23)C(=O)N1. The summed E-state index contributed by atoms with van der Waals surface area (Å²) in [7, 11) is 0. The van der Waals surface area contributed by atoms with E-state index in [9.17, 15) is 14.4 Å². The highest BCUT2D eigenvalue weighted by molar-refractivity contribution is 6.15. The van der Waals surface area contributed by atoms with Crippen molar-refractivity contribution in [1.82, 2.24) is 30.1 Å². The molecule has 6 rings (SSSR count). The monoisotopic (exact) mass is 532 g/mol. The number of nitrogens with one attached hydrogen (secondary N) is 4. The van der Waals surface area contributed by atoms with Gasteiger partial charge in [-0.25, -0.2) is 9.37 Å². The molecule has 3 aliphatic rings. The third-order valence-electron chi connectivity index (χ3n) is 7.06. The minimum absolute atomic E-state index is 0.00924. The molecule has 39 heavy (non-hydrogen) atoms. The molecule has 3 amide bonds. The molecule has 1 aliphatic carbocycles. The zero-order valence-corrected chi connectivity index (χ0v) is 21.3. The molecule has 2 aliphatic heterocycles. The van der Waals surface area contributed by atoms with Crippen molar-refractivity contribution in [3.8, 4) is 0 Å². The van der Waals surface area contributed by atoms with Crippen LogP contribution in [-0.4, -0.2) is 69.4 Å². The number of carbonyl (C=O) groups is 3. The zero-order chi connectivity index (χ0) is 26.9. The van der Waals surface area contributed by atoms with Gasteiger partial charge in [0.2, 0.25) is 5.91 Å². The molecule has 0 spiro atoms. The molecule has 11 nitrogen and oxygen atoms in total. The highest BCUT2D eigenvalue weighted by Gasteiger charge is 2.26. The maximum absolute atomic E-state index is 15.1. The van der Waals surface area contributed by atoms with Crippen molar-refractivity contribution in [2.45, 2.75) is 38.1 Å². The van der Waals surface area contributed by atoms with Crippen LogP contribution >= 0.6 is 0 Å². The van der Waals surface area contributed by atoms with Gasteiger partial charge in [-0.05, 0) is 63.0 Å². The number of carbonyl (C=O) groups excluding carboxylic acids is 3. The molecule has 0 atom stereocenters. The van der Waals surface area contributed by atoms with Crippen LogP contribution in [0.1, 0.15) is 48.0 Å². The first-order valence-corrected chi connectivity index (χ1v) is 13.2. The van der Waals surface area contributed by atoms with Crippen LogP contribution in [0.25, 0.3) is 11.7 Å². The second-order valence-electron chi connectivity index (χ2n) is 10.1. The van der Waals surface area contributed by atoms with E-state index in [1.54, 1.807) is 28.9 Å². The predicted octanol–water partition coefficient (Wildman–Crippen LogP) is 2.44. The molecule has 0 bridgehead atoms. The molecule has 3 fully saturated rings. The number of hydrogen-bond acceptors (Lipinski definition) is 8. The van der Waals surface area contributed by atoms with E-state index in [-0.39, 0.29) is 29.5 Å². The molecule has 1 aromatic carbocycles. The van der Waals surface area contributed by atoms with Gasteiger partial charge >= 0.3 is 0 Å². The van der Waals surface area contributed by atoms with Gasteiger partial charge in [0.05, 0.1) is 18.3 Å². The molecule has 202 valence electrons. The standard InChI is InChI=1S/C27H29FN8O3/c28-20-12-16(26(38)29-7-10-35-8-1-2-9-35)3-6-21(20)32-22-14-23(31-19-4-5-19)36-25(33-22)18(15-30-36)11-17-13-24(37)34-27(17)39/h3,6,11-12,14-15,19,31H,1-2,4-5,7-10,13H2,(H,29,38)(H,32,33)(H,34,37,39)/b17-11+. The lowest BCUT2D eigenvalue weighted by molar-refractivity contribution is -0.124. The number of aromatic nitrogens is 3. The Morgan fingerprint density at radius 3 is 2.72 bits per heavy atom. The lowest BCUT2D eigenvalue weighted by atomic mass is 10.1. The third kappa shape index (κ3) is 5.60. The van der Waals surface area contributed by atoms with Crippen LogP contribution in [-0.2, 0) is 9.59 Å². The lowest BCUT2D eigenvalue weighted by Crippen LogP contribution is -2.33. The Balaban J connectivity index is 1.22. The predicted molar refractivity (Wildman–Crippen MR) is 143 cm³/mol. The first kappa shape index (κ1) is 25.0. The average molecular weight is 533 g/mol. The van der Waals surface area contributed by atoms with Gasteiger partial charge in [0.25, 0.3) is 11.8 Å². The van der Waals surface area contributed by atoms with Crippen molar-refractivity contribution in [3.63, 3.8) is 0 Å². The maximum atomic E-state index is 15.1. The number of rotatable bonds is 9. The second-order valence-corrected chi connectivity index (χ2v) is 10.1. The minimum Gasteiger partial charge on any atom is -0.367 e. The number of fused-ring (bicyclic) bond motifs is 1. The maximum Gasteiger partial charge on any atom is 0.254 e. The Morgan fingerprint density at radius 1 is 1.18 bits per heavy atom. The van der Waals surface area contributed by atoms with Gasteiger partial charge in [0, 0.05) is 41.9 Å². The van der Waals surface area contributed by atoms with Crippen LogP contribution in [0.3, 0.4) is 0 Å². The Labute approximate surface area is 223 Å². The number of imide groups is 1. The van der Waals surface area contributed by atoms with E-state index in [1.807, 2.05) is 0 Å². The Bertz CT molecular complexity index is 1490. The van der Waals surface area contributed by atoms with Crippen LogP contribution in [0.15, 0.2) is 36.0 Å². The summed E-state index contributed by atoms with van der Waals surface area (Å²) in [5.41, 5.74) is 1.73. The molecule has 2 aromatic heterocycles. The molecule has 2 saturated heterocycles. The summed E-state index contributed by atoms with van der Waals surface area (Å²) >= 11 is 0. The van der Waals surface area contributed by atoms with Gasteiger partial charge in [-0.2, -0.15) is 9.61 Å². The summed E-state index contributed by atoms with van der Waals surface area (Å²) in [6.07, 6.45) is 7.59. The normalized spacial score (nSPS) is 18.6. The van der Waals surface area contributed by atoms with Gasteiger partial charge in [0.1, 0.15) is 17.5 Å². The molecule has 0 radical (unpaired) electrons. The van der Waals surface area contributed by atoms with E-state index in [0.29, 0.717) is 41.0 Å². The number of amides is 3. The summed E-state index contributed by atoms with van der Waals surface area (Å²) in [6.45, 7) is 3.40. The molecule has 0 unspecified atom stereocenters. The molecular formula is C27H29FN8O3. The van der Waals surface area contributed by atoms with Crippen LogP contribution in [0.5, 0.6) is 0 Å². The summed E-state index contributed by atoms with van der Waals surface area (Å²) < 4.78 is 16.7. The molecule has 3 aromatic rings. The number of benzene rings is 1. The van der Waals surface area contributed by atoms with E-state index < -0.39 is 11.7 Å². The lowest BCUT2D eigenvalue weighted by Gasteiger charge is -2.15. The smallest absolute Gasteiger partial charge is 0.254 e. The van der Waals surface area contributed by atoms with Crippen molar-refractivity contribution in [3.05, 3.63) is 53.0 Å². The highest BCUT2D eigenvalue weighted by atomic mass is 19.1. The number of halogens is 1. The average Bonchev–Trinajstić information content (AvgIpc) is 3.26. The Morgan fingerprint density at radius 2 is 2.00 bits per heavy atom. The number of anilines is 3. The first-order valence-electron chi connectivity index (χ1n) is 13.2. The first-order chi connectivity index (χ1) is 18.9. The Kier molecular flexibility index (Phi) is 6.69. The van der Waals surface area contributed by atoms with Crippen LogP contribution in [0, 0.1) is 5.82 Å². The number of hydrogen-bond donors (Lipinski definition) is 4. The number of likely N-dealkylation sites (tertiary alicyclic amines) is 1. The molecule has 4 N–H and O–H groups in total. The van der Waals surface area contributed by atoms with Gasteiger partial charge in [-0.3, -0.25) is 19.7 Å². The van der Waals surface area contributed by atoms with Crippen LogP contribution < -0.4 is 21.3 Å². The van der Waals surface area contributed by atoms with Gasteiger partial charge < -0.3 is 20.9 Å². The van der Waals surface area contributed by atoms with E-state index in [0.717, 1.165) is 32.5 Å². The van der Waals surface area contributed by atoms with Crippen molar-refractivity contribution < 1.29 is 18.8 Å². The number of nitrogens with zero attached hydrogens (tertiary/aromatic N) is 4. The minimum atomic E-state index is -0.586. The summed E-state index contributed by atoms with van der Waals surface area (Å²) in [5.74, 6) is -0.671. The quantitative estimate of drug-likeness (QED) is 0.244. The van der Waals surface area contributed by atoms with E-state index >= 15 is 4.39 Å². The van der Waals surface area contributed by atoms with Crippen molar-refractivity contribution in [2.24, 2.45) is 0 Å².